The number of nitro groups is 1. The highest BCUT2D eigenvalue weighted by molar-refractivity contribution is 5.83. The summed E-state index contributed by atoms with van der Waals surface area (Å²) in [5.41, 5.74) is 3.93. The van der Waals surface area contributed by atoms with Gasteiger partial charge >= 0.3 is 5.69 Å². The molecule has 2 aromatic rings. The predicted octanol–water partition coefficient (Wildman–Crippen LogP) is 3.85. The highest BCUT2D eigenvalue weighted by atomic mass is 16.6. The van der Waals surface area contributed by atoms with Crippen LogP contribution in [0.5, 0.6) is 17.2 Å². The van der Waals surface area contributed by atoms with Gasteiger partial charge in [0, 0.05) is 11.6 Å². The molecule has 2 rings (SSSR count). The van der Waals surface area contributed by atoms with Gasteiger partial charge in [-0.15, -0.1) is 0 Å². The predicted molar refractivity (Wildman–Crippen MR) is 99.6 cm³/mol. The first kappa shape index (κ1) is 19.0. The normalized spacial score (nSPS) is 10.8. The third-order valence-electron chi connectivity index (χ3n) is 3.33. The van der Waals surface area contributed by atoms with E-state index in [2.05, 4.69) is 10.5 Å². The number of benzene rings is 2. The fourth-order valence-electron chi connectivity index (χ4n) is 2.17. The van der Waals surface area contributed by atoms with Gasteiger partial charge in [-0.1, -0.05) is 0 Å². The number of rotatable bonds is 8. The molecule has 0 bridgehead atoms. The summed E-state index contributed by atoms with van der Waals surface area (Å²) in [4.78, 5) is 10.9. The maximum absolute atomic E-state index is 11.4. The number of methoxy groups -OCH3 is 2. The van der Waals surface area contributed by atoms with Gasteiger partial charge in [0.05, 0.1) is 37.1 Å². The van der Waals surface area contributed by atoms with Gasteiger partial charge in [0.2, 0.25) is 5.75 Å². The Balaban J connectivity index is 2.25. The molecular formula is C18H21N3O5. The van der Waals surface area contributed by atoms with E-state index < -0.39 is 4.92 Å². The zero-order valence-corrected chi connectivity index (χ0v) is 15.1. The van der Waals surface area contributed by atoms with Crippen molar-refractivity contribution < 1.29 is 19.1 Å². The minimum Gasteiger partial charge on any atom is -0.497 e. The van der Waals surface area contributed by atoms with Crippen molar-refractivity contribution in [3.8, 4) is 17.2 Å². The number of hydrogen-bond acceptors (Lipinski definition) is 7. The van der Waals surface area contributed by atoms with Gasteiger partial charge in [0.15, 0.2) is 5.75 Å². The van der Waals surface area contributed by atoms with Gasteiger partial charge in [0.25, 0.3) is 0 Å². The molecule has 0 atom stereocenters. The lowest BCUT2D eigenvalue weighted by atomic mass is 10.2. The molecular weight excluding hydrogens is 338 g/mol. The smallest absolute Gasteiger partial charge is 0.315 e. The molecule has 0 unspecified atom stereocenters. The lowest BCUT2D eigenvalue weighted by Gasteiger charge is -2.14. The molecule has 0 spiro atoms. The van der Waals surface area contributed by atoms with Crippen LogP contribution in [-0.4, -0.2) is 31.5 Å². The molecule has 0 saturated carbocycles. The number of hydrogen-bond donors (Lipinski definition) is 1. The fourth-order valence-corrected chi connectivity index (χ4v) is 2.17. The average Bonchev–Trinajstić information content (AvgIpc) is 2.62. The van der Waals surface area contributed by atoms with Crippen molar-refractivity contribution in [1.29, 1.82) is 0 Å². The van der Waals surface area contributed by atoms with E-state index in [9.17, 15) is 10.1 Å². The van der Waals surface area contributed by atoms with E-state index in [0.29, 0.717) is 5.56 Å². The Morgan fingerprint density at radius 3 is 2.38 bits per heavy atom. The molecule has 0 saturated heterocycles. The lowest BCUT2D eigenvalue weighted by molar-refractivity contribution is -0.386. The molecule has 2 aromatic carbocycles. The van der Waals surface area contributed by atoms with E-state index >= 15 is 0 Å². The van der Waals surface area contributed by atoms with E-state index in [1.807, 2.05) is 0 Å². The molecule has 0 radical (unpaired) electrons. The van der Waals surface area contributed by atoms with Crippen LogP contribution in [0, 0.1) is 10.1 Å². The van der Waals surface area contributed by atoms with Crippen LogP contribution < -0.4 is 19.6 Å². The molecule has 138 valence electrons. The van der Waals surface area contributed by atoms with Crippen molar-refractivity contribution in [1.82, 2.24) is 0 Å². The summed E-state index contributed by atoms with van der Waals surface area (Å²) < 4.78 is 15.9. The summed E-state index contributed by atoms with van der Waals surface area (Å²) in [5.74, 6) is 1.12. The number of nitro benzene ring substituents is 1. The molecule has 26 heavy (non-hydrogen) atoms. The largest absolute Gasteiger partial charge is 0.497 e. The topological polar surface area (TPSA) is 95.2 Å². The standard InChI is InChI=1S/C18H21N3O5/c1-12(2)26-18-16(21(22)23)9-13(10-17(18)25-4)11-19-20-14-5-7-15(24-3)8-6-14/h5-12,20H,1-4H3/b19-11+. The second-order valence-electron chi connectivity index (χ2n) is 5.59. The number of ether oxygens (including phenoxy) is 3. The molecule has 0 aliphatic heterocycles. The highest BCUT2D eigenvalue weighted by Gasteiger charge is 2.22. The maximum atomic E-state index is 11.4. The van der Waals surface area contributed by atoms with Crippen LogP contribution in [0.1, 0.15) is 19.4 Å². The average molecular weight is 359 g/mol. The van der Waals surface area contributed by atoms with Crippen LogP contribution in [0.25, 0.3) is 0 Å². The Bertz CT molecular complexity index is 788. The molecule has 0 heterocycles. The van der Waals surface area contributed by atoms with Gasteiger partial charge in [-0.3, -0.25) is 15.5 Å². The molecule has 0 aliphatic rings. The Morgan fingerprint density at radius 1 is 1.15 bits per heavy atom. The zero-order chi connectivity index (χ0) is 19.1. The second kappa shape index (κ2) is 8.70. The summed E-state index contributed by atoms with van der Waals surface area (Å²) in [7, 11) is 3.02. The lowest BCUT2D eigenvalue weighted by Crippen LogP contribution is -2.09. The molecule has 0 fully saturated rings. The second-order valence-corrected chi connectivity index (χ2v) is 5.59. The Kier molecular flexibility index (Phi) is 6.37. The van der Waals surface area contributed by atoms with Crippen molar-refractivity contribution >= 4 is 17.6 Å². The SMILES string of the molecule is COc1ccc(N/N=C/c2cc(OC)c(OC(C)C)c([N+](=O)[O-])c2)cc1. The maximum Gasteiger partial charge on any atom is 0.315 e. The van der Waals surface area contributed by atoms with Crippen molar-refractivity contribution in [2.45, 2.75) is 20.0 Å². The molecule has 0 amide bonds. The molecule has 8 nitrogen and oxygen atoms in total. The van der Waals surface area contributed by atoms with E-state index in [4.69, 9.17) is 14.2 Å². The first-order valence-corrected chi connectivity index (χ1v) is 7.90. The molecule has 0 aromatic heterocycles. The Morgan fingerprint density at radius 2 is 1.85 bits per heavy atom. The van der Waals surface area contributed by atoms with Crippen molar-refractivity contribution in [2.24, 2.45) is 5.10 Å². The van der Waals surface area contributed by atoms with Gasteiger partial charge in [0.1, 0.15) is 5.75 Å². The fraction of sp³-hybridized carbons (Fsp3) is 0.278. The van der Waals surface area contributed by atoms with Gasteiger partial charge in [-0.25, -0.2) is 0 Å². The van der Waals surface area contributed by atoms with Crippen LogP contribution in [-0.2, 0) is 0 Å². The minimum atomic E-state index is -0.505. The van der Waals surface area contributed by atoms with Gasteiger partial charge in [-0.2, -0.15) is 5.10 Å². The summed E-state index contributed by atoms with van der Waals surface area (Å²) in [6.45, 7) is 3.58. The quantitative estimate of drug-likeness (QED) is 0.437. The third-order valence-corrected chi connectivity index (χ3v) is 3.33. The summed E-state index contributed by atoms with van der Waals surface area (Å²) in [6, 6.07) is 10.2. The van der Waals surface area contributed by atoms with Crippen LogP contribution in [0.15, 0.2) is 41.5 Å². The zero-order valence-electron chi connectivity index (χ0n) is 15.1. The number of nitrogens with zero attached hydrogens (tertiary/aromatic N) is 2. The van der Waals surface area contributed by atoms with E-state index in [1.165, 1.54) is 19.4 Å². The van der Waals surface area contributed by atoms with Crippen LogP contribution in [0.4, 0.5) is 11.4 Å². The Labute approximate surface area is 151 Å². The summed E-state index contributed by atoms with van der Waals surface area (Å²) in [6.07, 6.45) is 1.25. The molecule has 1 N–H and O–H groups in total. The number of hydrazone groups is 1. The Hall–Kier alpha value is -3.29. The first-order chi connectivity index (χ1) is 12.4. The van der Waals surface area contributed by atoms with Crippen molar-refractivity contribution in [3.05, 3.63) is 52.1 Å². The van der Waals surface area contributed by atoms with Gasteiger partial charge < -0.3 is 14.2 Å². The van der Waals surface area contributed by atoms with Crippen LogP contribution >= 0.6 is 0 Å². The van der Waals surface area contributed by atoms with Gasteiger partial charge in [-0.05, 0) is 44.2 Å². The number of nitrogens with one attached hydrogen (secondary N) is 1. The minimum absolute atomic E-state index is 0.104. The highest BCUT2D eigenvalue weighted by Crippen LogP contribution is 2.38. The van der Waals surface area contributed by atoms with Crippen LogP contribution in [0.2, 0.25) is 0 Å². The molecule has 8 heteroatoms. The van der Waals surface area contributed by atoms with Crippen molar-refractivity contribution in [2.75, 3.05) is 19.6 Å². The number of anilines is 1. The van der Waals surface area contributed by atoms with E-state index in [0.717, 1.165) is 11.4 Å². The van der Waals surface area contributed by atoms with E-state index in [1.54, 1.807) is 51.3 Å². The van der Waals surface area contributed by atoms with E-state index in [-0.39, 0.29) is 23.3 Å². The van der Waals surface area contributed by atoms with Crippen LogP contribution in [0.3, 0.4) is 0 Å². The monoisotopic (exact) mass is 359 g/mol. The molecule has 0 aliphatic carbocycles. The summed E-state index contributed by atoms with van der Waals surface area (Å²) >= 11 is 0. The first-order valence-electron chi connectivity index (χ1n) is 7.90. The summed E-state index contributed by atoms with van der Waals surface area (Å²) in [5, 5.41) is 15.5. The van der Waals surface area contributed by atoms with Crippen molar-refractivity contribution in [3.63, 3.8) is 0 Å². The third kappa shape index (κ3) is 4.85.